The predicted octanol–water partition coefficient (Wildman–Crippen LogP) is 5.93. The Kier molecular flexibility index (Phi) is 10.1. The lowest BCUT2D eigenvalue weighted by Gasteiger charge is -2.18. The van der Waals surface area contributed by atoms with Gasteiger partial charge in [-0.25, -0.2) is 23.6 Å². The van der Waals surface area contributed by atoms with E-state index in [0.717, 1.165) is 32.7 Å². The summed E-state index contributed by atoms with van der Waals surface area (Å²) in [5.74, 6) is -1.93. The highest BCUT2D eigenvalue weighted by Gasteiger charge is 2.25. The molecule has 6 rings (SSSR count). The number of benzene rings is 4. The van der Waals surface area contributed by atoms with Crippen LogP contribution in [0, 0.1) is 11.6 Å². The summed E-state index contributed by atoms with van der Waals surface area (Å²) in [4.78, 5) is 48.3. The van der Waals surface area contributed by atoms with Gasteiger partial charge in [-0.1, -0.05) is 66.7 Å². The molecule has 0 saturated heterocycles. The molecule has 12 heteroatoms. The van der Waals surface area contributed by atoms with Gasteiger partial charge in [-0.15, -0.1) is 11.3 Å². The monoisotopic (exact) mass is 681 g/mol. The Bertz CT molecular complexity index is 2200. The molecule has 2 aromatic heterocycles. The van der Waals surface area contributed by atoms with Gasteiger partial charge < -0.3 is 5.32 Å². The standard InChI is InChI=1S/C37H33F2N5O4S/c1-42(21-24-10-5-3-6-11-24)22-29-33-35(46)44(27-12-7-4-8-13-27)37(47)43(23-28-30(38)14-9-15-31(28)39)36(33)49-34(29)25-16-18-26(19-17-25)40-20-32(45)41-48-2/h3-19,40H,20-23H2,1-2H3,(H,41,45). The van der Waals surface area contributed by atoms with Crippen LogP contribution in [0.3, 0.4) is 0 Å². The first kappa shape index (κ1) is 33.5. The van der Waals surface area contributed by atoms with E-state index in [1.807, 2.05) is 49.5 Å². The Hall–Kier alpha value is -5.43. The maximum Gasteiger partial charge on any atom is 0.337 e. The Balaban J connectivity index is 1.55. The number of nitrogens with one attached hydrogen (secondary N) is 2. The molecule has 2 N–H and O–H groups in total. The third-order valence-corrected chi connectivity index (χ3v) is 9.31. The average molecular weight is 682 g/mol. The second-order valence-electron chi connectivity index (χ2n) is 11.5. The highest BCUT2D eigenvalue weighted by atomic mass is 32.1. The van der Waals surface area contributed by atoms with Gasteiger partial charge in [-0.2, -0.15) is 0 Å². The zero-order valence-corrected chi connectivity index (χ0v) is 27.6. The van der Waals surface area contributed by atoms with Crippen LogP contribution in [0.15, 0.2) is 113 Å². The number of aromatic nitrogens is 2. The Morgan fingerprint density at radius 2 is 1.49 bits per heavy atom. The van der Waals surface area contributed by atoms with Crippen molar-refractivity contribution >= 4 is 33.1 Å². The van der Waals surface area contributed by atoms with Crippen LogP contribution < -0.4 is 22.0 Å². The molecule has 6 aromatic rings. The Morgan fingerprint density at radius 3 is 2.14 bits per heavy atom. The molecular formula is C37H33F2N5O4S. The van der Waals surface area contributed by atoms with Crippen LogP contribution in [0.1, 0.15) is 16.7 Å². The number of para-hydroxylation sites is 1. The Morgan fingerprint density at radius 1 is 0.837 bits per heavy atom. The number of hydrogen-bond donors (Lipinski definition) is 2. The lowest BCUT2D eigenvalue weighted by Crippen LogP contribution is -2.39. The molecule has 2 heterocycles. The maximum atomic E-state index is 15.0. The zero-order valence-electron chi connectivity index (χ0n) is 26.8. The second-order valence-corrected chi connectivity index (χ2v) is 12.5. The average Bonchev–Trinajstić information content (AvgIpc) is 3.47. The molecule has 0 atom stereocenters. The van der Waals surface area contributed by atoms with Crippen molar-refractivity contribution in [3.05, 3.63) is 152 Å². The summed E-state index contributed by atoms with van der Waals surface area (Å²) in [6.45, 7) is 0.477. The topological polar surface area (TPSA) is 97.6 Å². The van der Waals surface area contributed by atoms with Crippen molar-refractivity contribution < 1.29 is 18.4 Å². The van der Waals surface area contributed by atoms with Gasteiger partial charge in [0.15, 0.2) is 0 Å². The number of hydrogen-bond acceptors (Lipinski definition) is 7. The third-order valence-electron chi connectivity index (χ3n) is 8.00. The normalized spacial score (nSPS) is 11.3. The van der Waals surface area contributed by atoms with E-state index in [2.05, 4.69) is 20.5 Å². The summed E-state index contributed by atoms with van der Waals surface area (Å²) < 4.78 is 32.4. The molecule has 0 saturated carbocycles. The number of fused-ring (bicyclic) bond motifs is 1. The molecule has 0 aliphatic carbocycles. The number of rotatable bonds is 12. The molecule has 0 unspecified atom stereocenters. The number of carbonyl (C=O) groups is 1. The minimum absolute atomic E-state index is 0.0104. The minimum atomic E-state index is -0.792. The van der Waals surface area contributed by atoms with Crippen LogP contribution in [-0.2, 0) is 29.3 Å². The quantitative estimate of drug-likeness (QED) is 0.156. The fraction of sp³-hybridized carbons (Fsp3) is 0.162. The van der Waals surface area contributed by atoms with E-state index in [0.29, 0.717) is 40.2 Å². The number of amides is 1. The number of halogens is 2. The van der Waals surface area contributed by atoms with Gasteiger partial charge >= 0.3 is 5.69 Å². The molecule has 0 radical (unpaired) electrons. The van der Waals surface area contributed by atoms with E-state index in [9.17, 15) is 14.4 Å². The van der Waals surface area contributed by atoms with Gasteiger partial charge in [0.25, 0.3) is 11.5 Å². The van der Waals surface area contributed by atoms with E-state index in [1.165, 1.54) is 29.1 Å². The number of thiophene rings is 1. The predicted molar refractivity (Wildman–Crippen MR) is 188 cm³/mol. The van der Waals surface area contributed by atoms with Crippen LogP contribution in [0.4, 0.5) is 14.5 Å². The summed E-state index contributed by atoms with van der Waals surface area (Å²) in [6.07, 6.45) is 0. The minimum Gasteiger partial charge on any atom is -0.376 e. The smallest absolute Gasteiger partial charge is 0.337 e. The number of carbonyl (C=O) groups excluding carboxylic acids is 1. The van der Waals surface area contributed by atoms with Crippen molar-refractivity contribution in [2.75, 3.05) is 26.0 Å². The van der Waals surface area contributed by atoms with Gasteiger partial charge in [-0.3, -0.25) is 23.9 Å². The van der Waals surface area contributed by atoms with Crippen LogP contribution in [0.5, 0.6) is 0 Å². The molecule has 49 heavy (non-hydrogen) atoms. The molecule has 250 valence electrons. The maximum absolute atomic E-state index is 15.0. The number of nitrogens with zero attached hydrogens (tertiary/aromatic N) is 3. The summed E-state index contributed by atoms with van der Waals surface area (Å²) in [6, 6.07) is 29.3. The highest BCUT2D eigenvalue weighted by molar-refractivity contribution is 7.22. The second kappa shape index (κ2) is 14.8. The van der Waals surface area contributed by atoms with E-state index < -0.39 is 29.4 Å². The molecule has 0 bridgehead atoms. The summed E-state index contributed by atoms with van der Waals surface area (Å²) in [5, 5.41) is 3.32. The van der Waals surface area contributed by atoms with Crippen LogP contribution in [0.25, 0.3) is 26.3 Å². The molecule has 0 aliphatic rings. The zero-order chi connectivity index (χ0) is 34.5. The van der Waals surface area contributed by atoms with Crippen LogP contribution in [-0.4, -0.2) is 40.6 Å². The van der Waals surface area contributed by atoms with Gasteiger partial charge in [0.2, 0.25) is 0 Å². The fourth-order valence-corrected chi connectivity index (χ4v) is 7.03. The van der Waals surface area contributed by atoms with E-state index in [4.69, 9.17) is 0 Å². The first-order valence-corrected chi connectivity index (χ1v) is 16.2. The van der Waals surface area contributed by atoms with E-state index in [1.54, 1.807) is 42.5 Å². The molecule has 0 aliphatic heterocycles. The lowest BCUT2D eigenvalue weighted by molar-refractivity contribution is -0.129. The van der Waals surface area contributed by atoms with E-state index >= 15 is 8.78 Å². The molecule has 1 amide bonds. The number of anilines is 1. The summed E-state index contributed by atoms with van der Waals surface area (Å²) in [5.41, 5.74) is 4.27. The van der Waals surface area contributed by atoms with Crippen LogP contribution >= 0.6 is 11.3 Å². The molecule has 0 fully saturated rings. The van der Waals surface area contributed by atoms with Crippen molar-refractivity contribution in [1.82, 2.24) is 19.5 Å². The number of hydroxylamine groups is 1. The Labute approximate surface area is 284 Å². The van der Waals surface area contributed by atoms with Gasteiger partial charge in [-0.05, 0) is 60.1 Å². The highest BCUT2D eigenvalue weighted by Crippen LogP contribution is 2.38. The van der Waals surface area contributed by atoms with Gasteiger partial charge in [0.05, 0.1) is 31.3 Å². The lowest BCUT2D eigenvalue weighted by atomic mass is 10.1. The first-order chi connectivity index (χ1) is 23.7. The van der Waals surface area contributed by atoms with Crippen LogP contribution in [0.2, 0.25) is 0 Å². The third kappa shape index (κ3) is 7.21. The SMILES string of the molecule is CONC(=O)CNc1ccc(-c2sc3c(c2CN(C)Cc2ccccc2)c(=O)n(-c2ccccc2)c(=O)n3Cc2c(F)cccc2F)cc1. The van der Waals surface area contributed by atoms with Crippen molar-refractivity contribution in [1.29, 1.82) is 0 Å². The summed E-state index contributed by atoms with van der Waals surface area (Å²) in [7, 11) is 3.30. The molecule has 9 nitrogen and oxygen atoms in total. The van der Waals surface area contributed by atoms with Gasteiger partial charge in [0.1, 0.15) is 16.5 Å². The van der Waals surface area contributed by atoms with Crippen molar-refractivity contribution in [2.24, 2.45) is 0 Å². The molecule has 4 aromatic carbocycles. The van der Waals surface area contributed by atoms with Crippen molar-refractivity contribution in [3.63, 3.8) is 0 Å². The van der Waals surface area contributed by atoms with E-state index in [-0.39, 0.29) is 18.0 Å². The van der Waals surface area contributed by atoms with Crippen molar-refractivity contribution in [3.8, 4) is 16.1 Å². The largest absolute Gasteiger partial charge is 0.376 e. The van der Waals surface area contributed by atoms with Gasteiger partial charge in [0, 0.05) is 29.2 Å². The molecule has 0 spiro atoms. The fourth-order valence-electron chi connectivity index (χ4n) is 5.73. The van der Waals surface area contributed by atoms with Crippen molar-refractivity contribution in [2.45, 2.75) is 19.6 Å². The molecular weight excluding hydrogens is 649 g/mol. The summed E-state index contributed by atoms with van der Waals surface area (Å²) >= 11 is 1.22. The first-order valence-electron chi connectivity index (χ1n) is 15.4.